The molecule has 0 saturated heterocycles. The first kappa shape index (κ1) is 12.5. The Hall–Kier alpha value is -1.53. The number of anilines is 1. The van der Waals surface area contributed by atoms with Crippen molar-refractivity contribution in [3.8, 4) is 6.07 Å². The van der Waals surface area contributed by atoms with E-state index in [1.54, 1.807) is 6.07 Å². The molecule has 1 unspecified atom stereocenters. The third kappa shape index (κ3) is 2.98. The van der Waals surface area contributed by atoms with Crippen molar-refractivity contribution in [3.05, 3.63) is 29.3 Å². The molecule has 86 valence electrons. The van der Waals surface area contributed by atoms with Gasteiger partial charge in [0.2, 0.25) is 0 Å². The molecule has 1 rings (SSSR count). The van der Waals surface area contributed by atoms with E-state index in [1.807, 2.05) is 32.9 Å². The lowest BCUT2D eigenvalue weighted by Gasteiger charge is -2.17. The average molecular weight is 218 g/mol. The largest absolute Gasteiger partial charge is 0.391 e. The third-order valence-electron chi connectivity index (χ3n) is 2.65. The Labute approximate surface area is 96.7 Å². The van der Waals surface area contributed by atoms with E-state index in [2.05, 4.69) is 11.4 Å². The number of hydrogen-bond donors (Lipinski definition) is 2. The van der Waals surface area contributed by atoms with E-state index in [-0.39, 0.29) is 5.92 Å². The zero-order valence-electron chi connectivity index (χ0n) is 9.99. The first-order valence-corrected chi connectivity index (χ1v) is 5.48. The van der Waals surface area contributed by atoms with Crippen LogP contribution in [0.25, 0.3) is 0 Å². The molecule has 0 aliphatic heterocycles. The van der Waals surface area contributed by atoms with Gasteiger partial charge in [0.15, 0.2) is 0 Å². The summed E-state index contributed by atoms with van der Waals surface area (Å²) >= 11 is 0. The molecule has 0 bridgehead atoms. The predicted molar refractivity (Wildman–Crippen MR) is 65.2 cm³/mol. The highest BCUT2D eigenvalue weighted by molar-refractivity contribution is 5.62. The van der Waals surface area contributed by atoms with Gasteiger partial charge >= 0.3 is 0 Å². The van der Waals surface area contributed by atoms with Crippen LogP contribution >= 0.6 is 0 Å². The van der Waals surface area contributed by atoms with Crippen molar-refractivity contribution in [2.75, 3.05) is 11.9 Å². The van der Waals surface area contributed by atoms with Crippen LogP contribution < -0.4 is 5.32 Å². The van der Waals surface area contributed by atoms with E-state index in [4.69, 9.17) is 5.26 Å². The maximum absolute atomic E-state index is 9.70. The number of aryl methyl sites for hydroxylation is 1. The Morgan fingerprint density at radius 2 is 2.12 bits per heavy atom. The van der Waals surface area contributed by atoms with E-state index >= 15 is 0 Å². The van der Waals surface area contributed by atoms with Crippen molar-refractivity contribution in [2.45, 2.75) is 26.9 Å². The van der Waals surface area contributed by atoms with Crippen LogP contribution in [-0.2, 0) is 0 Å². The van der Waals surface area contributed by atoms with Gasteiger partial charge in [-0.2, -0.15) is 5.26 Å². The van der Waals surface area contributed by atoms with Crippen LogP contribution in [0.15, 0.2) is 18.2 Å². The molecule has 0 radical (unpaired) electrons. The van der Waals surface area contributed by atoms with Crippen LogP contribution in [0.2, 0.25) is 0 Å². The Bertz CT molecular complexity index is 393. The third-order valence-corrected chi connectivity index (χ3v) is 2.65. The highest BCUT2D eigenvalue weighted by Gasteiger charge is 2.10. The van der Waals surface area contributed by atoms with Gasteiger partial charge in [0.25, 0.3) is 0 Å². The van der Waals surface area contributed by atoms with Gasteiger partial charge in [-0.3, -0.25) is 0 Å². The minimum absolute atomic E-state index is 0.210. The summed E-state index contributed by atoms with van der Waals surface area (Å²) in [5.41, 5.74) is 2.47. The summed E-state index contributed by atoms with van der Waals surface area (Å²) in [7, 11) is 0. The molecule has 0 amide bonds. The first-order chi connectivity index (χ1) is 7.56. The summed E-state index contributed by atoms with van der Waals surface area (Å²) in [5, 5.41) is 21.8. The molecule has 0 aliphatic rings. The monoisotopic (exact) mass is 218 g/mol. The van der Waals surface area contributed by atoms with Crippen LogP contribution in [0.3, 0.4) is 0 Å². The smallest absolute Gasteiger partial charge is 0.101 e. The van der Waals surface area contributed by atoms with Gasteiger partial charge in [-0.05, 0) is 24.5 Å². The first-order valence-electron chi connectivity index (χ1n) is 5.48. The van der Waals surface area contributed by atoms with Gasteiger partial charge in [0, 0.05) is 6.54 Å². The zero-order valence-corrected chi connectivity index (χ0v) is 9.99. The van der Waals surface area contributed by atoms with Gasteiger partial charge < -0.3 is 10.4 Å². The SMILES string of the molecule is Cc1cccc(C#N)c1NCC(O)C(C)C. The standard InChI is InChI=1S/C13H18N2O/c1-9(2)12(16)8-15-13-10(3)5-4-6-11(13)7-14/h4-6,9,12,15-16H,8H2,1-3H3. The molecular formula is C13H18N2O. The zero-order chi connectivity index (χ0) is 12.1. The predicted octanol–water partition coefficient (Wildman–Crippen LogP) is 2.30. The summed E-state index contributed by atoms with van der Waals surface area (Å²) in [5.74, 6) is 0.210. The topological polar surface area (TPSA) is 56.0 Å². The number of nitrogens with one attached hydrogen (secondary N) is 1. The molecule has 0 heterocycles. The highest BCUT2D eigenvalue weighted by atomic mass is 16.3. The molecule has 1 aromatic rings. The molecule has 1 aromatic carbocycles. The normalized spacial score (nSPS) is 12.2. The lowest BCUT2D eigenvalue weighted by atomic mass is 10.1. The molecule has 0 aliphatic carbocycles. The van der Waals surface area contributed by atoms with Gasteiger partial charge in [-0.1, -0.05) is 26.0 Å². The van der Waals surface area contributed by atoms with Crippen LogP contribution in [-0.4, -0.2) is 17.8 Å². The highest BCUT2D eigenvalue weighted by Crippen LogP contribution is 2.19. The average Bonchev–Trinajstić information content (AvgIpc) is 2.26. The quantitative estimate of drug-likeness (QED) is 0.815. The molecule has 1 atom stereocenters. The number of hydrogen-bond acceptors (Lipinski definition) is 3. The minimum Gasteiger partial charge on any atom is -0.391 e. The summed E-state index contributed by atoms with van der Waals surface area (Å²) in [6.07, 6.45) is -0.397. The second-order valence-corrected chi connectivity index (χ2v) is 4.30. The van der Waals surface area contributed by atoms with Gasteiger partial charge in [-0.25, -0.2) is 0 Å². The number of aliphatic hydroxyl groups is 1. The number of nitrogens with zero attached hydrogens (tertiary/aromatic N) is 1. The fourth-order valence-corrected chi connectivity index (χ4v) is 1.44. The van der Waals surface area contributed by atoms with Crippen molar-refractivity contribution in [1.29, 1.82) is 5.26 Å². The number of para-hydroxylation sites is 1. The maximum atomic E-state index is 9.70. The fourth-order valence-electron chi connectivity index (χ4n) is 1.44. The van der Waals surface area contributed by atoms with Crippen molar-refractivity contribution < 1.29 is 5.11 Å². The molecule has 16 heavy (non-hydrogen) atoms. The lowest BCUT2D eigenvalue weighted by Crippen LogP contribution is -2.25. The second-order valence-electron chi connectivity index (χ2n) is 4.30. The molecule has 2 N–H and O–H groups in total. The van der Waals surface area contributed by atoms with Crippen LogP contribution in [0, 0.1) is 24.2 Å². The summed E-state index contributed by atoms with van der Waals surface area (Å²) in [6.45, 7) is 6.35. The van der Waals surface area contributed by atoms with Crippen molar-refractivity contribution in [1.82, 2.24) is 0 Å². The Balaban J connectivity index is 2.78. The van der Waals surface area contributed by atoms with E-state index in [1.165, 1.54) is 0 Å². The lowest BCUT2D eigenvalue weighted by molar-refractivity contribution is 0.138. The molecule has 0 fully saturated rings. The number of rotatable bonds is 4. The Morgan fingerprint density at radius 1 is 1.44 bits per heavy atom. The molecule has 3 nitrogen and oxygen atoms in total. The Morgan fingerprint density at radius 3 is 2.69 bits per heavy atom. The number of nitriles is 1. The Kier molecular flexibility index (Phi) is 4.33. The minimum atomic E-state index is -0.397. The van der Waals surface area contributed by atoms with Crippen LogP contribution in [0.4, 0.5) is 5.69 Å². The molecule has 3 heteroatoms. The summed E-state index contributed by atoms with van der Waals surface area (Å²) < 4.78 is 0. The maximum Gasteiger partial charge on any atom is 0.101 e. The van der Waals surface area contributed by atoms with Gasteiger partial charge in [0.1, 0.15) is 6.07 Å². The number of benzene rings is 1. The summed E-state index contributed by atoms with van der Waals surface area (Å²) in [4.78, 5) is 0. The van der Waals surface area contributed by atoms with E-state index < -0.39 is 6.10 Å². The number of aliphatic hydroxyl groups excluding tert-OH is 1. The second kappa shape index (κ2) is 5.53. The van der Waals surface area contributed by atoms with E-state index in [0.29, 0.717) is 12.1 Å². The molecule has 0 saturated carbocycles. The van der Waals surface area contributed by atoms with Crippen molar-refractivity contribution >= 4 is 5.69 Å². The van der Waals surface area contributed by atoms with Crippen LogP contribution in [0.1, 0.15) is 25.0 Å². The van der Waals surface area contributed by atoms with Crippen molar-refractivity contribution in [3.63, 3.8) is 0 Å². The van der Waals surface area contributed by atoms with E-state index in [9.17, 15) is 5.11 Å². The van der Waals surface area contributed by atoms with Crippen molar-refractivity contribution in [2.24, 2.45) is 5.92 Å². The molecule has 0 aromatic heterocycles. The van der Waals surface area contributed by atoms with E-state index in [0.717, 1.165) is 11.3 Å². The molecular weight excluding hydrogens is 200 g/mol. The fraction of sp³-hybridized carbons (Fsp3) is 0.462. The van der Waals surface area contributed by atoms with Gasteiger partial charge in [-0.15, -0.1) is 0 Å². The van der Waals surface area contributed by atoms with Crippen LogP contribution in [0.5, 0.6) is 0 Å². The molecule has 0 spiro atoms. The summed E-state index contributed by atoms with van der Waals surface area (Å²) in [6, 6.07) is 7.73. The van der Waals surface area contributed by atoms with Gasteiger partial charge in [0.05, 0.1) is 17.4 Å².